The number of piperidine rings is 1. The number of amides is 1. The Morgan fingerprint density at radius 1 is 1.08 bits per heavy atom. The number of rotatable bonds is 11. The molecule has 2 aliphatic heterocycles. The maximum absolute atomic E-state index is 14.8. The number of aromatic nitrogens is 3. The molecule has 0 aliphatic carbocycles. The van der Waals surface area contributed by atoms with Crippen LogP contribution in [0.2, 0.25) is 0 Å². The number of benzene rings is 2. The van der Waals surface area contributed by atoms with Gasteiger partial charge in [-0.3, -0.25) is 25.1 Å². The molecule has 258 valence electrons. The van der Waals surface area contributed by atoms with E-state index in [1.807, 2.05) is 43.3 Å². The summed E-state index contributed by atoms with van der Waals surface area (Å²) in [7, 11) is 0. The van der Waals surface area contributed by atoms with E-state index in [4.69, 9.17) is 10.5 Å². The van der Waals surface area contributed by atoms with Crippen molar-refractivity contribution in [2.75, 3.05) is 50.4 Å². The number of H-pyrrole nitrogens is 1. The number of nitrogen functional groups attached to an aromatic ring is 1. The van der Waals surface area contributed by atoms with Gasteiger partial charge in [0.15, 0.2) is 0 Å². The summed E-state index contributed by atoms with van der Waals surface area (Å²) in [6.07, 6.45) is 9.97. The zero-order chi connectivity index (χ0) is 34.6. The topological polar surface area (TPSA) is 145 Å². The highest BCUT2D eigenvalue weighted by Gasteiger charge is 2.20. The van der Waals surface area contributed by atoms with Crippen LogP contribution in [-0.2, 0) is 4.79 Å². The van der Waals surface area contributed by atoms with Crippen molar-refractivity contribution in [3.8, 4) is 28.1 Å². The molecule has 0 unspecified atom stereocenters. The van der Waals surface area contributed by atoms with E-state index < -0.39 is 5.82 Å². The third kappa shape index (κ3) is 7.54. The van der Waals surface area contributed by atoms with Crippen LogP contribution in [0.25, 0.3) is 33.3 Å². The van der Waals surface area contributed by atoms with Crippen molar-refractivity contribution in [3.05, 3.63) is 89.8 Å². The fourth-order valence-electron chi connectivity index (χ4n) is 7.12. The van der Waals surface area contributed by atoms with E-state index in [2.05, 4.69) is 30.5 Å². The van der Waals surface area contributed by atoms with Crippen LogP contribution in [0, 0.1) is 24.1 Å². The Bertz CT molecular complexity index is 2030. The molecule has 0 saturated carbocycles. The second-order valence-corrected chi connectivity index (χ2v) is 13.4. The number of halogens is 1. The molecule has 5 heterocycles. The number of ether oxygens (including phenoxy) is 1. The summed E-state index contributed by atoms with van der Waals surface area (Å²) in [6, 6.07) is 14.0. The average Bonchev–Trinajstić information content (AvgIpc) is 3.79. The van der Waals surface area contributed by atoms with Gasteiger partial charge in [-0.25, -0.2) is 4.39 Å². The van der Waals surface area contributed by atoms with Gasteiger partial charge in [-0.2, -0.15) is 0 Å². The summed E-state index contributed by atoms with van der Waals surface area (Å²) < 4.78 is 20.8. The molecule has 3 aromatic heterocycles. The molecule has 6 N–H and O–H groups in total. The molecule has 0 spiro atoms. The van der Waals surface area contributed by atoms with E-state index >= 15 is 0 Å². The van der Waals surface area contributed by atoms with Crippen LogP contribution in [0.15, 0.2) is 67.1 Å². The molecule has 0 atom stereocenters. The number of anilines is 2. The monoisotopic (exact) mass is 674 g/mol. The number of pyridine rings is 2. The van der Waals surface area contributed by atoms with E-state index in [0.717, 1.165) is 73.2 Å². The molecule has 1 amide bonds. The minimum absolute atomic E-state index is 0.0143. The predicted octanol–water partition coefficient (Wildman–Crippen LogP) is 6.54. The number of carbonyl (C=O) groups is 1. The van der Waals surface area contributed by atoms with E-state index in [1.165, 1.54) is 25.0 Å². The number of nitrogens with two attached hydrogens (primary N) is 1. The Balaban J connectivity index is 1.12. The normalized spacial score (nSPS) is 15.4. The third-order valence-corrected chi connectivity index (χ3v) is 9.77. The van der Waals surface area contributed by atoms with Crippen LogP contribution in [0.1, 0.15) is 48.9 Å². The van der Waals surface area contributed by atoms with Crippen molar-refractivity contribution in [2.24, 2.45) is 5.92 Å². The molecular formula is C39H43FN8O2. The van der Waals surface area contributed by atoms with Crippen LogP contribution in [0.4, 0.5) is 15.8 Å². The van der Waals surface area contributed by atoms with Gasteiger partial charge >= 0.3 is 0 Å². The summed E-state index contributed by atoms with van der Waals surface area (Å²) in [6.45, 7) is 7.30. The molecule has 5 aromatic rings. The number of nitrogens with one attached hydrogen (secondary N) is 4. The zero-order valence-electron chi connectivity index (χ0n) is 28.3. The lowest BCUT2D eigenvalue weighted by molar-refractivity contribution is -0.117. The van der Waals surface area contributed by atoms with Crippen molar-refractivity contribution >= 4 is 33.9 Å². The molecule has 7 rings (SSSR count). The Morgan fingerprint density at radius 3 is 2.72 bits per heavy atom. The van der Waals surface area contributed by atoms with Gasteiger partial charge in [0.1, 0.15) is 18.2 Å². The van der Waals surface area contributed by atoms with Gasteiger partial charge in [-0.1, -0.05) is 0 Å². The summed E-state index contributed by atoms with van der Waals surface area (Å²) in [5.41, 5.74) is 13.4. The second-order valence-electron chi connectivity index (χ2n) is 13.4. The maximum Gasteiger partial charge on any atom is 0.224 e. The lowest BCUT2D eigenvalue weighted by Gasteiger charge is -2.22. The first-order valence-corrected chi connectivity index (χ1v) is 17.4. The third-order valence-electron chi connectivity index (χ3n) is 9.77. The Labute approximate surface area is 291 Å². The second kappa shape index (κ2) is 14.8. The number of likely N-dealkylation sites (tertiary alicyclic amines) is 1. The summed E-state index contributed by atoms with van der Waals surface area (Å²) in [4.78, 5) is 27.5. The molecule has 2 aliphatic rings. The predicted molar refractivity (Wildman–Crippen MR) is 196 cm³/mol. The molecule has 2 fully saturated rings. The van der Waals surface area contributed by atoms with Gasteiger partial charge in [0.25, 0.3) is 0 Å². The average molecular weight is 675 g/mol. The van der Waals surface area contributed by atoms with Gasteiger partial charge in [0.2, 0.25) is 5.91 Å². The first-order chi connectivity index (χ1) is 24.3. The van der Waals surface area contributed by atoms with Gasteiger partial charge in [-0.05, 0) is 118 Å². The van der Waals surface area contributed by atoms with Gasteiger partial charge in [-0.15, -0.1) is 0 Å². The van der Waals surface area contributed by atoms with Crippen molar-refractivity contribution in [2.45, 2.75) is 39.0 Å². The highest BCUT2D eigenvalue weighted by molar-refractivity contribution is 6.16. The highest BCUT2D eigenvalue weighted by Crippen LogP contribution is 2.34. The number of nitrogens with zero attached hydrogens (tertiary/aromatic N) is 3. The first kappa shape index (κ1) is 33.4. The fourth-order valence-corrected chi connectivity index (χ4v) is 7.12. The van der Waals surface area contributed by atoms with E-state index in [0.29, 0.717) is 58.6 Å². The zero-order valence-corrected chi connectivity index (χ0v) is 28.3. The maximum atomic E-state index is 14.8. The first-order valence-electron chi connectivity index (χ1n) is 17.4. The largest absolute Gasteiger partial charge is 0.492 e. The smallest absolute Gasteiger partial charge is 0.224 e. The van der Waals surface area contributed by atoms with Gasteiger partial charge in [0.05, 0.1) is 29.0 Å². The SMILES string of the molecule is Cc1cc(N)c(C(=N)c2cc3c(-c4cc(F)cc(OCCN5CCCC5)c4)nccc3[nH]2)cc1-c1cncc(NC(=O)CC2CCNCC2)c1. The standard InChI is InChI=1S/C39H43FN8O2/c1-24-14-34(41)32(20-31(24)27-17-29(23-44-22-27)46-37(49)15-25-4-7-43-8-5-25)38(42)36-21-33-35(47-36)6-9-45-39(33)26-16-28(40)19-30(18-26)50-13-12-48-10-2-3-11-48/h6,9,14,16-23,25,42-43,47H,2-5,7-8,10-13,15,41H2,1H3,(H,46,49). The van der Waals surface area contributed by atoms with Crippen LogP contribution < -0.4 is 21.1 Å². The molecule has 11 heteroatoms. The van der Waals surface area contributed by atoms with Crippen molar-refractivity contribution in [1.29, 1.82) is 5.41 Å². The van der Waals surface area contributed by atoms with Gasteiger partial charge in [0, 0.05) is 64.7 Å². The Morgan fingerprint density at radius 2 is 1.90 bits per heavy atom. The number of aromatic amines is 1. The van der Waals surface area contributed by atoms with Crippen LogP contribution >= 0.6 is 0 Å². The van der Waals surface area contributed by atoms with Gasteiger partial charge < -0.3 is 26.1 Å². The minimum Gasteiger partial charge on any atom is -0.492 e. The molecule has 50 heavy (non-hydrogen) atoms. The lowest BCUT2D eigenvalue weighted by atomic mass is 9.94. The number of hydrogen-bond acceptors (Lipinski definition) is 8. The van der Waals surface area contributed by atoms with E-state index in [1.54, 1.807) is 18.6 Å². The number of fused-ring (bicyclic) bond motifs is 1. The quantitative estimate of drug-likeness (QED) is 0.0790. The summed E-state index contributed by atoms with van der Waals surface area (Å²) in [5, 5.41) is 16.3. The summed E-state index contributed by atoms with van der Waals surface area (Å²) >= 11 is 0. The highest BCUT2D eigenvalue weighted by atomic mass is 19.1. The molecule has 2 aromatic carbocycles. The van der Waals surface area contributed by atoms with E-state index in [9.17, 15) is 14.6 Å². The molecule has 10 nitrogen and oxygen atoms in total. The van der Waals surface area contributed by atoms with Crippen LogP contribution in [-0.4, -0.2) is 70.8 Å². The van der Waals surface area contributed by atoms with Crippen molar-refractivity contribution in [3.63, 3.8) is 0 Å². The molecule has 0 radical (unpaired) electrons. The lowest BCUT2D eigenvalue weighted by Crippen LogP contribution is -2.30. The molecule has 2 saturated heterocycles. The number of aryl methyl sites for hydroxylation is 1. The Kier molecular flexibility index (Phi) is 9.86. The number of carbonyl (C=O) groups excluding carboxylic acids is 1. The van der Waals surface area contributed by atoms with Crippen LogP contribution in [0.3, 0.4) is 0 Å². The number of hydrogen-bond donors (Lipinski definition) is 5. The Hall–Kier alpha value is -5.13. The van der Waals surface area contributed by atoms with Crippen molar-refractivity contribution in [1.82, 2.24) is 25.2 Å². The van der Waals surface area contributed by atoms with Crippen molar-refractivity contribution < 1.29 is 13.9 Å². The van der Waals surface area contributed by atoms with E-state index in [-0.39, 0.29) is 11.6 Å². The molecule has 0 bridgehead atoms. The van der Waals surface area contributed by atoms with Crippen LogP contribution in [0.5, 0.6) is 5.75 Å². The minimum atomic E-state index is -0.402. The summed E-state index contributed by atoms with van der Waals surface area (Å²) in [5.74, 6) is 0.424. The fraction of sp³-hybridized carbons (Fsp3) is 0.333. The molecular weight excluding hydrogens is 631 g/mol.